The molecule has 0 aliphatic rings. The third kappa shape index (κ3) is 4.29. The summed E-state index contributed by atoms with van der Waals surface area (Å²) < 4.78 is 5.15. The van der Waals surface area contributed by atoms with Crippen molar-refractivity contribution in [2.24, 2.45) is 0 Å². The fourth-order valence-corrected chi connectivity index (χ4v) is 1.38. The van der Waals surface area contributed by atoms with E-state index in [-0.39, 0.29) is 12.0 Å². The van der Waals surface area contributed by atoms with Crippen molar-refractivity contribution in [2.75, 3.05) is 13.1 Å². The number of hydrogen-bond acceptors (Lipinski definition) is 5. The maximum absolute atomic E-state index is 10.7. The van der Waals surface area contributed by atoms with Gasteiger partial charge >= 0.3 is 5.97 Å². The maximum atomic E-state index is 10.7. The normalized spacial score (nSPS) is 11.8. The molecule has 0 saturated heterocycles. The minimum atomic E-state index is -0.892. The topological polar surface area (TPSA) is 79.5 Å². The number of rotatable bonds is 6. The molecule has 1 aromatic heterocycles. The van der Waals surface area contributed by atoms with Gasteiger partial charge in [-0.2, -0.15) is 4.98 Å². The maximum Gasteiger partial charge on any atom is 0.317 e. The summed E-state index contributed by atoms with van der Waals surface area (Å²) in [5.74, 6) is 0.144. The lowest BCUT2D eigenvalue weighted by Gasteiger charge is -2.15. The van der Waals surface area contributed by atoms with Crippen LogP contribution < -0.4 is 0 Å². The van der Waals surface area contributed by atoms with Crippen LogP contribution in [-0.2, 0) is 16.8 Å². The molecule has 6 heteroatoms. The molecule has 1 rings (SSSR count). The molecule has 0 aliphatic carbocycles. The van der Waals surface area contributed by atoms with E-state index in [2.05, 4.69) is 16.7 Å². The van der Waals surface area contributed by atoms with E-state index >= 15 is 0 Å². The Kier molecular flexibility index (Phi) is 4.61. The summed E-state index contributed by atoms with van der Waals surface area (Å²) in [6, 6.07) is 0. The zero-order chi connectivity index (χ0) is 13.8. The van der Waals surface area contributed by atoms with Crippen LogP contribution in [0.15, 0.2) is 17.2 Å². The highest BCUT2D eigenvalue weighted by atomic mass is 16.5. The Bertz CT molecular complexity index is 420. The predicted octanol–water partition coefficient (Wildman–Crippen LogP) is 1.44. The van der Waals surface area contributed by atoms with Gasteiger partial charge in [-0.25, -0.2) is 0 Å². The van der Waals surface area contributed by atoms with Gasteiger partial charge in [-0.05, 0) is 0 Å². The van der Waals surface area contributed by atoms with E-state index in [1.165, 1.54) is 0 Å². The molecule has 0 unspecified atom stereocenters. The third-order valence-electron chi connectivity index (χ3n) is 2.22. The van der Waals surface area contributed by atoms with Crippen LogP contribution in [0.2, 0.25) is 0 Å². The molecule has 0 amide bonds. The summed E-state index contributed by atoms with van der Waals surface area (Å²) in [6.07, 6.45) is 1.65. The molecule has 0 radical (unpaired) electrons. The molecular formula is C12H19N3O3. The second-order valence-corrected chi connectivity index (χ2v) is 5.12. The van der Waals surface area contributed by atoms with E-state index in [9.17, 15) is 4.79 Å². The monoisotopic (exact) mass is 253 g/mol. The van der Waals surface area contributed by atoms with Crippen molar-refractivity contribution >= 4 is 5.97 Å². The van der Waals surface area contributed by atoms with Crippen LogP contribution in [0.3, 0.4) is 0 Å². The quantitative estimate of drug-likeness (QED) is 0.773. The van der Waals surface area contributed by atoms with Crippen molar-refractivity contribution in [3.63, 3.8) is 0 Å². The van der Waals surface area contributed by atoms with Gasteiger partial charge in [0.05, 0.1) is 13.1 Å². The lowest BCUT2D eigenvalue weighted by molar-refractivity contribution is -0.138. The number of nitrogens with zero attached hydrogens (tertiary/aromatic N) is 3. The summed E-state index contributed by atoms with van der Waals surface area (Å²) in [5, 5.41) is 12.6. The zero-order valence-electron chi connectivity index (χ0n) is 11.0. The molecule has 0 aromatic carbocycles. The van der Waals surface area contributed by atoms with Crippen LogP contribution in [-0.4, -0.2) is 39.2 Å². The average Bonchev–Trinajstić information content (AvgIpc) is 2.64. The van der Waals surface area contributed by atoms with E-state index < -0.39 is 5.97 Å². The number of aliphatic carboxylic acids is 1. The summed E-state index contributed by atoms with van der Waals surface area (Å²) in [5.41, 5.74) is -0.207. The van der Waals surface area contributed by atoms with E-state index in [4.69, 9.17) is 9.63 Å². The SMILES string of the molecule is C=CCN(CC(=O)O)Cc1noc(C(C)(C)C)n1. The fraction of sp³-hybridized carbons (Fsp3) is 0.583. The molecule has 18 heavy (non-hydrogen) atoms. The lowest BCUT2D eigenvalue weighted by Crippen LogP contribution is -2.30. The second-order valence-electron chi connectivity index (χ2n) is 5.12. The third-order valence-corrected chi connectivity index (χ3v) is 2.22. The molecule has 1 heterocycles. The van der Waals surface area contributed by atoms with Gasteiger partial charge in [-0.3, -0.25) is 9.69 Å². The molecule has 0 aliphatic heterocycles. The first-order chi connectivity index (χ1) is 8.32. The van der Waals surface area contributed by atoms with Crippen LogP contribution in [0.25, 0.3) is 0 Å². The molecule has 0 saturated carbocycles. The van der Waals surface area contributed by atoms with Gasteiger partial charge in [0, 0.05) is 12.0 Å². The largest absolute Gasteiger partial charge is 0.480 e. The number of carbonyl (C=O) groups is 1. The van der Waals surface area contributed by atoms with E-state index in [0.29, 0.717) is 24.8 Å². The zero-order valence-corrected chi connectivity index (χ0v) is 11.0. The molecular weight excluding hydrogens is 234 g/mol. The van der Waals surface area contributed by atoms with Crippen LogP contribution in [0.1, 0.15) is 32.5 Å². The van der Waals surface area contributed by atoms with E-state index in [0.717, 1.165) is 0 Å². The number of hydrogen-bond donors (Lipinski definition) is 1. The summed E-state index contributed by atoms with van der Waals surface area (Å²) >= 11 is 0. The van der Waals surface area contributed by atoms with Crippen LogP contribution in [0.4, 0.5) is 0 Å². The van der Waals surface area contributed by atoms with Gasteiger partial charge in [-0.15, -0.1) is 6.58 Å². The minimum Gasteiger partial charge on any atom is -0.480 e. The molecule has 1 aromatic rings. The molecule has 0 spiro atoms. The summed E-state index contributed by atoms with van der Waals surface area (Å²) in [7, 11) is 0. The number of carboxylic acids is 1. The lowest BCUT2D eigenvalue weighted by atomic mass is 9.97. The van der Waals surface area contributed by atoms with Crippen molar-refractivity contribution in [3.8, 4) is 0 Å². The Morgan fingerprint density at radius 1 is 1.56 bits per heavy atom. The van der Waals surface area contributed by atoms with Crippen molar-refractivity contribution in [2.45, 2.75) is 32.7 Å². The van der Waals surface area contributed by atoms with Gasteiger partial charge < -0.3 is 9.63 Å². The first-order valence-electron chi connectivity index (χ1n) is 5.71. The van der Waals surface area contributed by atoms with Crippen molar-refractivity contribution < 1.29 is 14.4 Å². The molecule has 0 fully saturated rings. The van der Waals surface area contributed by atoms with E-state index in [1.54, 1.807) is 11.0 Å². The fourth-order valence-electron chi connectivity index (χ4n) is 1.38. The van der Waals surface area contributed by atoms with Crippen molar-refractivity contribution in [3.05, 3.63) is 24.4 Å². The van der Waals surface area contributed by atoms with Gasteiger partial charge in [-0.1, -0.05) is 32.0 Å². The van der Waals surface area contributed by atoms with Crippen LogP contribution in [0.5, 0.6) is 0 Å². The van der Waals surface area contributed by atoms with Crippen LogP contribution >= 0.6 is 0 Å². The minimum absolute atomic E-state index is 0.0780. The second kappa shape index (κ2) is 5.77. The predicted molar refractivity (Wildman–Crippen MR) is 66.1 cm³/mol. The van der Waals surface area contributed by atoms with Gasteiger partial charge in [0.15, 0.2) is 5.82 Å². The van der Waals surface area contributed by atoms with Gasteiger partial charge in [0.25, 0.3) is 0 Å². The number of carboxylic acid groups (broad SMARTS) is 1. The average molecular weight is 253 g/mol. The molecule has 0 atom stereocenters. The molecule has 1 N–H and O–H groups in total. The van der Waals surface area contributed by atoms with Gasteiger partial charge in [0.2, 0.25) is 5.89 Å². The van der Waals surface area contributed by atoms with Crippen molar-refractivity contribution in [1.29, 1.82) is 0 Å². The van der Waals surface area contributed by atoms with Gasteiger partial charge in [0.1, 0.15) is 0 Å². The first kappa shape index (κ1) is 14.4. The summed E-state index contributed by atoms with van der Waals surface area (Å²) in [4.78, 5) is 16.6. The highest BCUT2D eigenvalue weighted by molar-refractivity contribution is 5.69. The first-order valence-corrected chi connectivity index (χ1v) is 5.71. The Labute approximate surface area is 106 Å². The Balaban J connectivity index is 2.72. The highest BCUT2D eigenvalue weighted by Crippen LogP contribution is 2.19. The Morgan fingerprint density at radius 2 is 2.22 bits per heavy atom. The standard InChI is InChI=1S/C12H19N3O3/c1-5-6-15(8-10(16)17)7-9-13-11(18-14-9)12(2,3)4/h5H,1,6-8H2,2-4H3,(H,16,17). The van der Waals surface area contributed by atoms with Crippen LogP contribution in [0, 0.1) is 0 Å². The number of aromatic nitrogens is 2. The molecule has 6 nitrogen and oxygen atoms in total. The van der Waals surface area contributed by atoms with E-state index in [1.807, 2.05) is 20.8 Å². The highest BCUT2D eigenvalue weighted by Gasteiger charge is 2.22. The summed E-state index contributed by atoms with van der Waals surface area (Å²) in [6.45, 7) is 10.2. The Hall–Kier alpha value is -1.69. The smallest absolute Gasteiger partial charge is 0.317 e. The Morgan fingerprint density at radius 3 is 2.67 bits per heavy atom. The molecule has 100 valence electrons. The molecule has 0 bridgehead atoms. The van der Waals surface area contributed by atoms with Crippen molar-refractivity contribution in [1.82, 2.24) is 15.0 Å².